The number of nitrogens with one attached hydrogen (secondary N) is 2. The van der Waals surface area contributed by atoms with E-state index in [9.17, 15) is 19.5 Å². The second-order valence-corrected chi connectivity index (χ2v) is 12.6. The van der Waals surface area contributed by atoms with Crippen molar-refractivity contribution in [3.05, 3.63) is 47.0 Å². The van der Waals surface area contributed by atoms with Crippen molar-refractivity contribution >= 4 is 40.1 Å². The maximum Gasteiger partial charge on any atom is 0.417 e. The lowest BCUT2D eigenvalue weighted by Gasteiger charge is -2.36. The average Bonchev–Trinajstić information content (AvgIpc) is 3.54. The summed E-state index contributed by atoms with van der Waals surface area (Å²) in [6, 6.07) is 3.51. The van der Waals surface area contributed by atoms with Gasteiger partial charge in [-0.2, -0.15) is 0 Å². The van der Waals surface area contributed by atoms with E-state index in [0.29, 0.717) is 64.2 Å². The van der Waals surface area contributed by atoms with Gasteiger partial charge < -0.3 is 19.9 Å². The number of aromatic nitrogens is 2. The number of hydrogen-bond acceptors (Lipinski definition) is 8. The molecule has 0 spiro atoms. The first-order chi connectivity index (χ1) is 22.2. The second kappa shape index (κ2) is 14.7. The molecule has 4 heterocycles. The van der Waals surface area contributed by atoms with E-state index in [0.717, 1.165) is 30.2 Å². The number of allylic oxidation sites excluding steroid dienone is 2. The number of carbonyl (C=O) groups is 3. The minimum atomic E-state index is -1.10. The highest BCUT2D eigenvalue weighted by atomic mass is 32.1. The number of carboxylic acid groups (broad SMARTS) is 1. The van der Waals surface area contributed by atoms with Crippen LogP contribution >= 0.6 is 11.3 Å². The van der Waals surface area contributed by atoms with E-state index in [1.807, 2.05) is 37.3 Å². The Morgan fingerprint density at radius 3 is 2.72 bits per heavy atom. The summed E-state index contributed by atoms with van der Waals surface area (Å²) < 4.78 is 12.2. The number of aliphatic carboxylic acids is 1. The Bertz CT molecular complexity index is 1680. The number of fused-ring (bicyclic) bond motifs is 2. The van der Waals surface area contributed by atoms with Gasteiger partial charge in [-0.15, -0.1) is 17.8 Å². The lowest BCUT2D eigenvalue weighted by atomic mass is 9.97. The number of quaternary nitrogens is 1. The number of ether oxygens (including phenoxy) is 2. The number of rotatable bonds is 5. The quantitative estimate of drug-likeness (QED) is 0.283. The van der Waals surface area contributed by atoms with Crippen LogP contribution in [0.25, 0.3) is 21.6 Å². The van der Waals surface area contributed by atoms with E-state index < -0.39 is 30.1 Å². The topological polar surface area (TPSA) is 135 Å². The maximum atomic E-state index is 13.8. The second-order valence-electron chi connectivity index (χ2n) is 11.7. The molecule has 46 heavy (non-hydrogen) atoms. The molecule has 0 radical (unpaired) electrons. The molecule has 2 aromatic heterocycles. The predicted octanol–water partition coefficient (Wildman–Crippen LogP) is 3.59. The van der Waals surface area contributed by atoms with E-state index in [1.54, 1.807) is 24.4 Å². The Morgan fingerprint density at radius 2 is 1.98 bits per heavy atom. The van der Waals surface area contributed by atoms with Gasteiger partial charge >= 0.3 is 12.0 Å². The van der Waals surface area contributed by atoms with Crippen LogP contribution in [0.5, 0.6) is 11.5 Å². The number of hydrogen-bond donors (Lipinski definition) is 3. The number of methoxy groups -OCH3 is 1. The van der Waals surface area contributed by atoms with E-state index in [4.69, 9.17) is 20.9 Å². The summed E-state index contributed by atoms with van der Waals surface area (Å²) in [5.41, 5.74) is 2.64. The zero-order chi connectivity index (χ0) is 32.8. The van der Waals surface area contributed by atoms with Gasteiger partial charge in [-0.25, -0.2) is 24.5 Å². The minimum Gasteiger partial charge on any atom is -0.496 e. The molecule has 0 saturated carbocycles. The van der Waals surface area contributed by atoms with E-state index in [1.165, 1.54) is 11.3 Å². The van der Waals surface area contributed by atoms with Crippen LogP contribution in [0.3, 0.4) is 0 Å². The Morgan fingerprint density at radius 1 is 1.17 bits per heavy atom. The van der Waals surface area contributed by atoms with Crippen molar-refractivity contribution in [1.82, 2.24) is 20.2 Å². The van der Waals surface area contributed by atoms with Crippen LogP contribution in [0.2, 0.25) is 0 Å². The van der Waals surface area contributed by atoms with Gasteiger partial charge in [0.2, 0.25) is 0 Å². The van der Waals surface area contributed by atoms with Gasteiger partial charge in [0, 0.05) is 48.8 Å². The number of carboxylic acids is 1. The molecule has 0 bridgehead atoms. The normalized spacial score (nSPS) is 23.0. The number of carbonyl (C=O) groups excluding carboxylic acids is 2. The lowest BCUT2D eigenvalue weighted by Crippen LogP contribution is -3.21. The van der Waals surface area contributed by atoms with Crippen molar-refractivity contribution in [1.29, 1.82) is 0 Å². The fraction of sp³-hybridized carbons (Fsp3) is 0.441. The van der Waals surface area contributed by atoms with Crippen LogP contribution in [0.15, 0.2) is 35.7 Å². The zero-order valence-electron chi connectivity index (χ0n) is 26.4. The van der Waals surface area contributed by atoms with Gasteiger partial charge in [-0.3, -0.25) is 9.69 Å². The zero-order valence-corrected chi connectivity index (χ0v) is 27.2. The summed E-state index contributed by atoms with van der Waals surface area (Å²) in [6.07, 6.45) is 13.3. The Balaban J connectivity index is 1.48. The monoisotopic (exact) mass is 646 g/mol. The molecule has 5 rings (SSSR count). The van der Waals surface area contributed by atoms with Gasteiger partial charge in [0.25, 0.3) is 5.91 Å². The number of urea groups is 1. The first kappa shape index (κ1) is 32.9. The van der Waals surface area contributed by atoms with Gasteiger partial charge in [0.05, 0.1) is 19.2 Å². The number of benzene rings is 1. The SMILES string of the molecule is C#Cc1csc(-c2cc(O[C@@H]3CC[NH+]4C(=O)N(C)CCCCC=CCC[C@H](C(=O)O)NC(=O)C4C3)c3ccc(OC)c(C)c3n2)n1. The maximum absolute atomic E-state index is 13.8. The number of aryl methyl sites for hydroxylation is 1. The number of pyridine rings is 1. The van der Waals surface area contributed by atoms with Crippen molar-refractivity contribution < 1.29 is 33.9 Å². The van der Waals surface area contributed by atoms with E-state index >= 15 is 0 Å². The van der Waals surface area contributed by atoms with Crippen LogP contribution < -0.4 is 19.7 Å². The minimum absolute atomic E-state index is 0.177. The molecule has 11 nitrogen and oxygen atoms in total. The molecule has 1 fully saturated rings. The molecule has 4 atom stereocenters. The summed E-state index contributed by atoms with van der Waals surface area (Å²) in [5, 5.41) is 15.8. The lowest BCUT2D eigenvalue weighted by molar-refractivity contribution is -0.844. The first-order valence-electron chi connectivity index (χ1n) is 15.6. The van der Waals surface area contributed by atoms with Crippen LogP contribution in [-0.4, -0.2) is 83.3 Å². The molecule has 242 valence electrons. The molecule has 1 aromatic carbocycles. The van der Waals surface area contributed by atoms with Crippen molar-refractivity contribution in [2.24, 2.45) is 0 Å². The third-order valence-corrected chi connectivity index (χ3v) is 9.51. The summed E-state index contributed by atoms with van der Waals surface area (Å²) in [4.78, 5) is 51.0. The van der Waals surface area contributed by atoms with Gasteiger partial charge in [-0.1, -0.05) is 12.2 Å². The summed E-state index contributed by atoms with van der Waals surface area (Å²) >= 11 is 1.39. The molecule has 1 saturated heterocycles. The van der Waals surface area contributed by atoms with E-state index in [-0.39, 0.29) is 18.9 Å². The van der Waals surface area contributed by atoms with Gasteiger partial charge in [0.15, 0.2) is 6.04 Å². The Kier molecular flexibility index (Phi) is 10.6. The molecule has 12 heteroatoms. The van der Waals surface area contributed by atoms with Gasteiger partial charge in [0.1, 0.15) is 40.0 Å². The van der Waals surface area contributed by atoms with Crippen LogP contribution in [0.4, 0.5) is 4.79 Å². The van der Waals surface area contributed by atoms with E-state index in [2.05, 4.69) is 16.2 Å². The molecule has 2 aliphatic heterocycles. The fourth-order valence-electron chi connectivity index (χ4n) is 6.07. The highest BCUT2D eigenvalue weighted by Crippen LogP contribution is 2.37. The smallest absolute Gasteiger partial charge is 0.417 e. The van der Waals surface area contributed by atoms with Crippen molar-refractivity contribution in [2.45, 2.75) is 70.1 Å². The van der Waals surface area contributed by atoms with Crippen LogP contribution in [0, 0.1) is 19.3 Å². The highest BCUT2D eigenvalue weighted by Gasteiger charge is 2.44. The average molecular weight is 647 g/mol. The Labute approximate surface area is 272 Å². The summed E-state index contributed by atoms with van der Waals surface area (Å²) in [6.45, 7) is 2.86. The first-order valence-corrected chi connectivity index (χ1v) is 16.4. The van der Waals surface area contributed by atoms with Crippen molar-refractivity contribution in [3.63, 3.8) is 0 Å². The van der Waals surface area contributed by atoms with Gasteiger partial charge in [-0.05, 0) is 57.1 Å². The number of thiazole rings is 1. The molecule has 0 aliphatic carbocycles. The van der Waals surface area contributed by atoms with Crippen LogP contribution in [0.1, 0.15) is 56.2 Å². The molecular weight excluding hydrogens is 606 g/mol. The number of piperidine rings is 1. The standard InChI is InChI=1S/C34H39N5O6S/c1-5-22-20-46-32(35-22)26-19-29(24-13-14-28(44-4)21(2)30(24)36-26)45-23-15-17-39-27(18-23)31(40)37-25(33(41)42)12-10-8-6-7-9-11-16-38(3)34(39)43/h1,6,8,13-14,19-20,23,25,27H,7,9-12,15-18H2,2-4H3,(H,37,40)(H,41,42)/p+1/t23-,25-,27?/m1/s1. The number of nitrogens with zero attached hydrogens (tertiary/aromatic N) is 3. The van der Waals surface area contributed by atoms with Crippen molar-refractivity contribution in [2.75, 3.05) is 27.2 Å². The highest BCUT2D eigenvalue weighted by molar-refractivity contribution is 7.13. The molecule has 3 N–H and O–H groups in total. The van der Waals surface area contributed by atoms with Crippen molar-refractivity contribution in [3.8, 4) is 34.5 Å². The summed E-state index contributed by atoms with van der Waals surface area (Å²) in [7, 11) is 3.36. The number of terminal acetylenes is 1. The molecule has 3 amide bonds. The van der Waals surface area contributed by atoms with Crippen LogP contribution in [-0.2, 0) is 9.59 Å². The summed E-state index contributed by atoms with van der Waals surface area (Å²) in [5.74, 6) is 2.23. The Hall–Kier alpha value is -4.47. The molecular formula is C34H40N5O6S+. The number of amides is 3. The molecule has 2 unspecified atom stereocenters. The third-order valence-electron chi connectivity index (χ3n) is 8.64. The third kappa shape index (κ3) is 7.32. The predicted molar refractivity (Wildman–Crippen MR) is 175 cm³/mol. The fourth-order valence-corrected chi connectivity index (χ4v) is 6.79. The molecule has 2 aliphatic rings. The largest absolute Gasteiger partial charge is 0.496 e. The molecule has 3 aromatic rings.